The summed E-state index contributed by atoms with van der Waals surface area (Å²) >= 11 is 0. The van der Waals surface area contributed by atoms with Crippen LogP contribution in [0.1, 0.15) is 22.6 Å². The molecule has 1 aliphatic heterocycles. The normalized spacial score (nSPS) is 14.9. The number of hydrogen-bond acceptors (Lipinski definition) is 4. The zero-order valence-corrected chi connectivity index (χ0v) is 14.2. The molecule has 4 rings (SSSR count). The molecule has 3 aromatic rings. The van der Waals surface area contributed by atoms with E-state index in [9.17, 15) is 18.0 Å². The fourth-order valence-corrected chi connectivity index (χ4v) is 3.28. The van der Waals surface area contributed by atoms with Crippen LogP contribution in [0.3, 0.4) is 0 Å². The standard InChI is InChI=1S/C18H16F3N5O/c19-18(20,21)17-23-14-6-7-26(10-13(14)16(27)24-17)9-12-8-22-25-15(12)11-4-2-1-3-5-11/h1-5,8H,6-7,9-10H2,(H,22,25)(H,23,24,27). The predicted octanol–water partition coefficient (Wildman–Crippen LogP) is 2.74. The Morgan fingerprint density at radius 3 is 2.70 bits per heavy atom. The van der Waals surface area contributed by atoms with Gasteiger partial charge in [-0.3, -0.25) is 14.8 Å². The molecule has 6 nitrogen and oxygen atoms in total. The third kappa shape index (κ3) is 3.50. The van der Waals surface area contributed by atoms with E-state index in [2.05, 4.69) is 15.2 Å². The highest BCUT2D eigenvalue weighted by Gasteiger charge is 2.36. The lowest BCUT2D eigenvalue weighted by molar-refractivity contribution is -0.145. The van der Waals surface area contributed by atoms with Gasteiger partial charge < -0.3 is 4.98 Å². The number of hydrogen-bond donors (Lipinski definition) is 2. The maximum atomic E-state index is 12.8. The summed E-state index contributed by atoms with van der Waals surface area (Å²) in [4.78, 5) is 19.6. The summed E-state index contributed by atoms with van der Waals surface area (Å²) in [6.07, 6.45) is -2.64. The van der Waals surface area contributed by atoms with Gasteiger partial charge >= 0.3 is 6.18 Å². The van der Waals surface area contributed by atoms with Crippen LogP contribution in [-0.2, 0) is 25.7 Å². The van der Waals surface area contributed by atoms with Gasteiger partial charge in [-0.25, -0.2) is 4.98 Å². The summed E-state index contributed by atoms with van der Waals surface area (Å²) in [6, 6.07) is 9.72. The smallest absolute Gasteiger partial charge is 0.303 e. The molecule has 1 aliphatic rings. The topological polar surface area (TPSA) is 77.7 Å². The van der Waals surface area contributed by atoms with Gasteiger partial charge in [0.25, 0.3) is 5.56 Å². The minimum Gasteiger partial charge on any atom is -0.303 e. The van der Waals surface area contributed by atoms with Crippen LogP contribution in [0.4, 0.5) is 13.2 Å². The van der Waals surface area contributed by atoms with Crippen molar-refractivity contribution in [3.05, 3.63) is 69.5 Å². The average Bonchev–Trinajstić information content (AvgIpc) is 3.10. The summed E-state index contributed by atoms with van der Waals surface area (Å²) in [7, 11) is 0. The lowest BCUT2D eigenvalue weighted by atomic mass is 10.0. The van der Waals surface area contributed by atoms with Gasteiger partial charge in [0.2, 0.25) is 5.82 Å². The number of aromatic nitrogens is 4. The van der Waals surface area contributed by atoms with Crippen molar-refractivity contribution >= 4 is 0 Å². The third-order valence-corrected chi connectivity index (χ3v) is 4.59. The molecular formula is C18H16F3N5O. The van der Waals surface area contributed by atoms with E-state index < -0.39 is 17.6 Å². The maximum Gasteiger partial charge on any atom is 0.449 e. The van der Waals surface area contributed by atoms with Crippen molar-refractivity contribution in [2.45, 2.75) is 25.7 Å². The molecule has 9 heteroatoms. The van der Waals surface area contributed by atoms with Gasteiger partial charge in [-0.1, -0.05) is 30.3 Å². The minimum absolute atomic E-state index is 0.220. The van der Waals surface area contributed by atoms with E-state index in [1.54, 1.807) is 6.20 Å². The van der Waals surface area contributed by atoms with Crippen LogP contribution in [0.25, 0.3) is 11.3 Å². The van der Waals surface area contributed by atoms with Gasteiger partial charge in [0.1, 0.15) is 0 Å². The molecule has 0 spiro atoms. The zero-order chi connectivity index (χ0) is 19.0. The van der Waals surface area contributed by atoms with Crippen LogP contribution in [0, 0.1) is 0 Å². The van der Waals surface area contributed by atoms with E-state index >= 15 is 0 Å². The van der Waals surface area contributed by atoms with E-state index in [4.69, 9.17) is 0 Å². The highest BCUT2D eigenvalue weighted by Crippen LogP contribution is 2.27. The van der Waals surface area contributed by atoms with Gasteiger partial charge in [0, 0.05) is 31.6 Å². The number of nitrogens with zero attached hydrogens (tertiary/aromatic N) is 3. The van der Waals surface area contributed by atoms with Crippen LogP contribution >= 0.6 is 0 Å². The van der Waals surface area contributed by atoms with E-state index in [1.165, 1.54) is 0 Å². The van der Waals surface area contributed by atoms with Gasteiger partial charge in [-0.2, -0.15) is 18.3 Å². The quantitative estimate of drug-likeness (QED) is 0.738. The lowest BCUT2D eigenvalue weighted by Crippen LogP contribution is -2.36. The number of aromatic amines is 2. The second kappa shape index (κ2) is 6.66. The van der Waals surface area contributed by atoms with Gasteiger partial charge in [-0.05, 0) is 5.56 Å². The van der Waals surface area contributed by atoms with Crippen molar-refractivity contribution in [3.8, 4) is 11.3 Å². The number of rotatable bonds is 3. The number of nitrogens with one attached hydrogen (secondary N) is 2. The molecule has 0 atom stereocenters. The first-order chi connectivity index (χ1) is 12.9. The molecule has 0 amide bonds. The van der Waals surface area contributed by atoms with Crippen molar-refractivity contribution in [3.63, 3.8) is 0 Å². The molecular weight excluding hydrogens is 359 g/mol. The Kier molecular flexibility index (Phi) is 4.31. The Labute approximate surface area is 152 Å². The second-order valence-electron chi connectivity index (χ2n) is 6.43. The monoisotopic (exact) mass is 375 g/mol. The number of halogens is 3. The van der Waals surface area contributed by atoms with Crippen molar-refractivity contribution in [1.82, 2.24) is 25.1 Å². The summed E-state index contributed by atoms with van der Waals surface area (Å²) in [5.41, 5.74) is 2.63. The summed E-state index contributed by atoms with van der Waals surface area (Å²) < 4.78 is 38.5. The highest BCUT2D eigenvalue weighted by atomic mass is 19.4. The Morgan fingerprint density at radius 1 is 1.19 bits per heavy atom. The summed E-state index contributed by atoms with van der Waals surface area (Å²) in [6.45, 7) is 1.29. The minimum atomic E-state index is -4.66. The third-order valence-electron chi connectivity index (χ3n) is 4.59. The molecule has 1 aromatic carbocycles. The van der Waals surface area contributed by atoms with E-state index in [-0.39, 0.29) is 12.2 Å². The summed E-state index contributed by atoms with van der Waals surface area (Å²) in [5, 5.41) is 7.09. The molecule has 2 aromatic heterocycles. The molecule has 140 valence electrons. The van der Waals surface area contributed by atoms with Crippen LogP contribution in [0.15, 0.2) is 41.3 Å². The largest absolute Gasteiger partial charge is 0.449 e. The first kappa shape index (κ1) is 17.5. The summed E-state index contributed by atoms with van der Waals surface area (Å²) in [5.74, 6) is -1.24. The van der Waals surface area contributed by atoms with Gasteiger partial charge in [0.15, 0.2) is 0 Å². The molecule has 0 fully saturated rings. The number of H-pyrrole nitrogens is 2. The van der Waals surface area contributed by atoms with Crippen molar-refractivity contribution in [1.29, 1.82) is 0 Å². The van der Waals surface area contributed by atoms with Crippen molar-refractivity contribution in [2.75, 3.05) is 6.54 Å². The van der Waals surface area contributed by atoms with E-state index in [0.717, 1.165) is 16.8 Å². The van der Waals surface area contributed by atoms with Crippen LogP contribution in [-0.4, -0.2) is 31.6 Å². The van der Waals surface area contributed by atoms with Gasteiger partial charge in [0.05, 0.1) is 23.1 Å². The molecule has 0 saturated heterocycles. The Hall–Kier alpha value is -2.94. The molecule has 0 bridgehead atoms. The van der Waals surface area contributed by atoms with Crippen molar-refractivity contribution in [2.24, 2.45) is 0 Å². The molecule has 0 aliphatic carbocycles. The fourth-order valence-electron chi connectivity index (χ4n) is 3.28. The Balaban J connectivity index is 1.57. The predicted molar refractivity (Wildman–Crippen MR) is 91.7 cm³/mol. The van der Waals surface area contributed by atoms with Crippen LogP contribution < -0.4 is 5.56 Å². The van der Waals surface area contributed by atoms with Crippen LogP contribution in [0.2, 0.25) is 0 Å². The average molecular weight is 375 g/mol. The SMILES string of the molecule is O=c1[nH]c(C(F)(F)F)nc2c1CN(Cc1cn[nH]c1-c1ccccc1)CC2. The first-order valence-corrected chi connectivity index (χ1v) is 8.41. The Bertz CT molecular complexity index is 1010. The zero-order valence-electron chi connectivity index (χ0n) is 14.2. The second-order valence-corrected chi connectivity index (χ2v) is 6.43. The first-order valence-electron chi connectivity index (χ1n) is 8.41. The highest BCUT2D eigenvalue weighted by molar-refractivity contribution is 5.62. The molecule has 27 heavy (non-hydrogen) atoms. The number of benzene rings is 1. The molecule has 0 saturated carbocycles. The van der Waals surface area contributed by atoms with Gasteiger partial charge in [-0.15, -0.1) is 0 Å². The maximum absolute atomic E-state index is 12.8. The lowest BCUT2D eigenvalue weighted by Gasteiger charge is -2.27. The van der Waals surface area contributed by atoms with E-state index in [1.807, 2.05) is 40.2 Å². The molecule has 3 heterocycles. The van der Waals surface area contributed by atoms with Crippen LogP contribution in [0.5, 0.6) is 0 Å². The molecule has 0 radical (unpaired) electrons. The Morgan fingerprint density at radius 2 is 1.96 bits per heavy atom. The number of fused-ring (bicyclic) bond motifs is 1. The van der Waals surface area contributed by atoms with E-state index in [0.29, 0.717) is 25.1 Å². The molecule has 0 unspecified atom stereocenters. The van der Waals surface area contributed by atoms with Crippen molar-refractivity contribution < 1.29 is 13.2 Å². The molecule has 2 N–H and O–H groups in total. The number of alkyl halides is 3. The fraction of sp³-hybridized carbons (Fsp3) is 0.278.